The maximum Gasteiger partial charge on any atom is 0.417 e. The average Bonchev–Trinajstić information content (AvgIpc) is 3.08. The molecule has 26 heavy (non-hydrogen) atoms. The van der Waals surface area contributed by atoms with Crippen LogP contribution in [-0.4, -0.2) is 6.47 Å². The first-order valence-corrected chi connectivity index (χ1v) is 8.59. The summed E-state index contributed by atoms with van der Waals surface area (Å²) >= 11 is 0. The maximum absolute atomic E-state index is 13.3. The topological polar surface area (TPSA) is 26.3 Å². The number of halogens is 3. The van der Waals surface area contributed by atoms with Crippen molar-refractivity contribution in [1.82, 2.24) is 0 Å². The van der Waals surface area contributed by atoms with E-state index in [1.165, 1.54) is 6.07 Å². The molecule has 134 valence electrons. The lowest BCUT2D eigenvalue weighted by Crippen LogP contribution is -2.25. The SMILES string of the molecule is O=COC1(c2ccc3cc4cccc(C(F)(F)F)c4cc3c2)CCCC1. The molecule has 0 spiro atoms. The molecule has 4 rings (SSSR count). The van der Waals surface area contributed by atoms with Crippen LogP contribution >= 0.6 is 0 Å². The molecular weight excluding hydrogens is 341 g/mol. The van der Waals surface area contributed by atoms with Gasteiger partial charge in [-0.2, -0.15) is 13.2 Å². The molecule has 5 heteroatoms. The number of fused-ring (bicyclic) bond motifs is 2. The molecule has 1 aliphatic carbocycles. The summed E-state index contributed by atoms with van der Waals surface area (Å²) in [4.78, 5) is 11.0. The molecule has 3 aromatic carbocycles. The van der Waals surface area contributed by atoms with Gasteiger partial charge in [-0.15, -0.1) is 0 Å². The van der Waals surface area contributed by atoms with E-state index in [1.807, 2.05) is 18.2 Å². The fourth-order valence-electron chi connectivity index (χ4n) is 4.07. The number of carbonyl (C=O) groups excluding carboxylic acids is 1. The highest BCUT2D eigenvalue weighted by molar-refractivity contribution is 6.00. The summed E-state index contributed by atoms with van der Waals surface area (Å²) in [5, 5.41) is 2.31. The van der Waals surface area contributed by atoms with Crippen molar-refractivity contribution in [3.8, 4) is 0 Å². The molecule has 0 heterocycles. The van der Waals surface area contributed by atoms with Crippen molar-refractivity contribution in [1.29, 1.82) is 0 Å². The Morgan fingerprint density at radius 3 is 2.38 bits per heavy atom. The highest BCUT2D eigenvalue weighted by Crippen LogP contribution is 2.43. The van der Waals surface area contributed by atoms with Crippen molar-refractivity contribution in [2.75, 3.05) is 0 Å². The Morgan fingerprint density at radius 1 is 0.923 bits per heavy atom. The minimum absolute atomic E-state index is 0.182. The normalized spacial score (nSPS) is 16.9. The molecule has 0 unspecified atom stereocenters. The largest absolute Gasteiger partial charge is 0.456 e. The average molecular weight is 358 g/mol. The molecule has 1 saturated carbocycles. The Hall–Kier alpha value is -2.56. The van der Waals surface area contributed by atoms with Crippen LogP contribution in [0.15, 0.2) is 48.5 Å². The van der Waals surface area contributed by atoms with E-state index in [4.69, 9.17) is 4.74 Å². The van der Waals surface area contributed by atoms with Gasteiger partial charge in [0.15, 0.2) is 0 Å². The molecule has 0 radical (unpaired) electrons. The number of hydrogen-bond acceptors (Lipinski definition) is 2. The Labute approximate surface area is 148 Å². The van der Waals surface area contributed by atoms with Gasteiger partial charge in [-0.25, -0.2) is 0 Å². The van der Waals surface area contributed by atoms with Crippen LogP contribution in [0.1, 0.15) is 36.8 Å². The molecule has 1 fully saturated rings. The van der Waals surface area contributed by atoms with Gasteiger partial charge >= 0.3 is 6.18 Å². The van der Waals surface area contributed by atoms with E-state index in [0.29, 0.717) is 17.2 Å². The number of hydrogen-bond donors (Lipinski definition) is 0. The third-order valence-corrected chi connectivity index (χ3v) is 5.35. The van der Waals surface area contributed by atoms with Gasteiger partial charge in [0, 0.05) is 0 Å². The first-order valence-electron chi connectivity index (χ1n) is 8.59. The number of benzene rings is 3. The molecule has 0 bridgehead atoms. The summed E-state index contributed by atoms with van der Waals surface area (Å²) in [6.45, 7) is 0.470. The van der Waals surface area contributed by atoms with Crippen LogP contribution < -0.4 is 0 Å². The molecule has 2 nitrogen and oxygen atoms in total. The van der Waals surface area contributed by atoms with Gasteiger partial charge in [0.1, 0.15) is 5.60 Å². The summed E-state index contributed by atoms with van der Waals surface area (Å²) in [5.74, 6) is 0. The first kappa shape index (κ1) is 16.9. The highest BCUT2D eigenvalue weighted by Gasteiger charge is 2.38. The van der Waals surface area contributed by atoms with Gasteiger partial charge in [0.05, 0.1) is 5.56 Å². The monoisotopic (exact) mass is 358 g/mol. The molecule has 0 aromatic heterocycles. The summed E-state index contributed by atoms with van der Waals surface area (Å²) in [5.41, 5.74) is -0.450. The zero-order valence-electron chi connectivity index (χ0n) is 14.0. The summed E-state index contributed by atoms with van der Waals surface area (Å²) in [6.07, 6.45) is -1.01. The van der Waals surface area contributed by atoms with Crippen molar-refractivity contribution < 1.29 is 22.7 Å². The Morgan fingerprint density at radius 2 is 1.69 bits per heavy atom. The maximum atomic E-state index is 13.3. The summed E-state index contributed by atoms with van der Waals surface area (Å²) in [7, 11) is 0. The molecule has 0 atom stereocenters. The lowest BCUT2D eigenvalue weighted by Gasteiger charge is -2.27. The van der Waals surface area contributed by atoms with E-state index in [0.717, 1.165) is 42.7 Å². The van der Waals surface area contributed by atoms with Crippen LogP contribution in [0.25, 0.3) is 21.5 Å². The Bertz CT molecular complexity index is 986. The molecular formula is C21H17F3O2. The van der Waals surface area contributed by atoms with Crippen LogP contribution in [0.4, 0.5) is 13.2 Å². The molecule has 0 aliphatic heterocycles. The van der Waals surface area contributed by atoms with Crippen molar-refractivity contribution >= 4 is 28.0 Å². The molecule has 3 aromatic rings. The predicted octanol–water partition coefficient (Wildman–Crippen LogP) is 5.95. The van der Waals surface area contributed by atoms with Crippen molar-refractivity contribution in [2.45, 2.75) is 37.5 Å². The highest BCUT2D eigenvalue weighted by atomic mass is 19.4. The van der Waals surface area contributed by atoms with Crippen molar-refractivity contribution in [2.24, 2.45) is 0 Å². The predicted molar refractivity (Wildman–Crippen MR) is 93.8 cm³/mol. The number of ether oxygens (including phenoxy) is 1. The Balaban J connectivity index is 1.92. The third kappa shape index (κ3) is 2.71. The lowest BCUT2D eigenvalue weighted by atomic mass is 9.89. The zero-order chi connectivity index (χ0) is 18.4. The van der Waals surface area contributed by atoms with Gasteiger partial charge in [0.25, 0.3) is 6.47 Å². The first-order chi connectivity index (χ1) is 12.4. The quantitative estimate of drug-likeness (QED) is 0.427. The summed E-state index contributed by atoms with van der Waals surface area (Å²) < 4.78 is 45.5. The smallest absolute Gasteiger partial charge is 0.417 e. The molecule has 0 N–H and O–H groups in total. The van der Waals surface area contributed by atoms with E-state index in [2.05, 4.69) is 0 Å². The molecule has 0 saturated heterocycles. The van der Waals surface area contributed by atoms with Gasteiger partial charge in [-0.3, -0.25) is 4.79 Å². The van der Waals surface area contributed by atoms with E-state index in [-0.39, 0.29) is 5.39 Å². The van der Waals surface area contributed by atoms with Crippen LogP contribution in [0.3, 0.4) is 0 Å². The fourth-order valence-corrected chi connectivity index (χ4v) is 4.07. The number of rotatable bonds is 3. The minimum Gasteiger partial charge on any atom is -0.456 e. The second-order valence-corrected chi connectivity index (χ2v) is 6.85. The van der Waals surface area contributed by atoms with Gasteiger partial charge < -0.3 is 4.74 Å². The van der Waals surface area contributed by atoms with Gasteiger partial charge in [0.2, 0.25) is 0 Å². The third-order valence-electron chi connectivity index (χ3n) is 5.35. The standard InChI is InChI=1S/C21H17F3O2/c22-21(23,24)19-5-3-4-15-10-14-6-7-17(11-16(14)12-18(15)19)20(26-13-25)8-1-2-9-20/h3-7,10-13H,1-2,8-9H2. The van der Waals surface area contributed by atoms with Crippen LogP contribution in [0, 0.1) is 0 Å². The van der Waals surface area contributed by atoms with E-state index in [1.54, 1.807) is 18.2 Å². The van der Waals surface area contributed by atoms with Crippen molar-refractivity contribution in [3.05, 3.63) is 59.7 Å². The number of carbonyl (C=O) groups is 1. The van der Waals surface area contributed by atoms with Gasteiger partial charge in [-0.05, 0) is 77.1 Å². The Kier molecular flexibility index (Phi) is 3.90. The van der Waals surface area contributed by atoms with Gasteiger partial charge in [-0.1, -0.05) is 24.3 Å². The fraction of sp³-hybridized carbons (Fsp3) is 0.286. The molecule has 0 amide bonds. The van der Waals surface area contributed by atoms with Crippen LogP contribution in [0.2, 0.25) is 0 Å². The lowest BCUT2D eigenvalue weighted by molar-refractivity contribution is -0.144. The van der Waals surface area contributed by atoms with E-state index in [9.17, 15) is 18.0 Å². The van der Waals surface area contributed by atoms with E-state index < -0.39 is 17.3 Å². The second kappa shape index (κ2) is 6.01. The second-order valence-electron chi connectivity index (χ2n) is 6.85. The number of alkyl halides is 3. The van der Waals surface area contributed by atoms with Crippen LogP contribution in [-0.2, 0) is 21.3 Å². The molecule has 1 aliphatic rings. The van der Waals surface area contributed by atoms with E-state index >= 15 is 0 Å². The zero-order valence-corrected chi connectivity index (χ0v) is 14.0. The van der Waals surface area contributed by atoms with Crippen LogP contribution in [0.5, 0.6) is 0 Å². The minimum atomic E-state index is -4.40. The summed E-state index contributed by atoms with van der Waals surface area (Å²) in [6, 6.07) is 13.2. The van der Waals surface area contributed by atoms with Crippen molar-refractivity contribution in [3.63, 3.8) is 0 Å².